The van der Waals surface area contributed by atoms with Crippen molar-refractivity contribution in [2.45, 2.75) is 38.5 Å². The highest BCUT2D eigenvalue weighted by molar-refractivity contribution is 5.87. The summed E-state index contributed by atoms with van der Waals surface area (Å²) < 4.78 is 10.3. The SMILES string of the molecule is CC(C(=O)O)c1ccccc1.COc1ccc2cc(C(C)C(=O)O)ccc2c1.COc1ccc2cc(C(C)C(=O)O)ccc2c1. The molecule has 3 N–H and O–H groups in total. The van der Waals surface area contributed by atoms with E-state index in [1.54, 1.807) is 35.0 Å². The van der Waals surface area contributed by atoms with E-state index in [0.717, 1.165) is 49.7 Å². The number of aliphatic carboxylic acids is 3. The third kappa shape index (κ3) is 9.31. The van der Waals surface area contributed by atoms with E-state index in [2.05, 4.69) is 0 Å². The number of rotatable bonds is 8. The van der Waals surface area contributed by atoms with Gasteiger partial charge in [-0.05, 0) is 83.3 Å². The molecule has 8 nitrogen and oxygen atoms in total. The average molecular weight is 611 g/mol. The third-order valence-corrected chi connectivity index (χ3v) is 7.55. The van der Waals surface area contributed by atoms with Crippen molar-refractivity contribution in [2.75, 3.05) is 14.2 Å². The standard InChI is InChI=1S/2C14H14O3.C9H10O2/c2*1-9(14(15)16)10-3-4-12-8-13(17-2)6-5-11(12)7-10;1-7(9(10)11)8-5-3-2-4-6-8/h2*3-9H,1-2H3,(H,15,16);2-7H,1H3,(H,10,11). The Morgan fingerprint density at radius 1 is 0.467 bits per heavy atom. The number of ether oxygens (including phenoxy) is 2. The predicted octanol–water partition coefficient (Wildman–Crippen LogP) is 7.95. The van der Waals surface area contributed by atoms with Gasteiger partial charge in [0.2, 0.25) is 0 Å². The largest absolute Gasteiger partial charge is 0.497 e. The van der Waals surface area contributed by atoms with Gasteiger partial charge in [0.1, 0.15) is 11.5 Å². The highest BCUT2D eigenvalue weighted by atomic mass is 16.5. The molecule has 0 radical (unpaired) electrons. The third-order valence-electron chi connectivity index (χ3n) is 7.55. The quantitative estimate of drug-likeness (QED) is 0.161. The van der Waals surface area contributed by atoms with Crippen molar-refractivity contribution >= 4 is 39.5 Å². The Labute approximate surface area is 262 Å². The molecule has 0 saturated carbocycles. The van der Waals surface area contributed by atoms with E-state index in [4.69, 9.17) is 24.8 Å². The molecule has 5 rings (SSSR count). The molecule has 0 fully saturated rings. The second-order valence-corrected chi connectivity index (χ2v) is 10.5. The first-order valence-corrected chi connectivity index (χ1v) is 14.3. The van der Waals surface area contributed by atoms with Crippen molar-refractivity contribution in [2.24, 2.45) is 0 Å². The van der Waals surface area contributed by atoms with Crippen molar-refractivity contribution in [1.29, 1.82) is 0 Å². The lowest BCUT2D eigenvalue weighted by atomic mass is 9.98. The van der Waals surface area contributed by atoms with Gasteiger partial charge in [-0.15, -0.1) is 0 Å². The van der Waals surface area contributed by atoms with Gasteiger partial charge in [0.25, 0.3) is 0 Å². The van der Waals surface area contributed by atoms with E-state index in [0.29, 0.717) is 0 Å². The van der Waals surface area contributed by atoms with Crippen LogP contribution in [0.3, 0.4) is 0 Å². The monoisotopic (exact) mass is 610 g/mol. The minimum atomic E-state index is -0.808. The van der Waals surface area contributed by atoms with E-state index in [9.17, 15) is 14.4 Å². The van der Waals surface area contributed by atoms with Crippen LogP contribution in [-0.2, 0) is 14.4 Å². The van der Waals surface area contributed by atoms with Gasteiger partial charge < -0.3 is 24.8 Å². The summed E-state index contributed by atoms with van der Waals surface area (Å²) in [6, 6.07) is 32.0. The van der Waals surface area contributed by atoms with Crippen LogP contribution >= 0.6 is 0 Å². The molecular formula is C37H38O8. The number of hydrogen-bond acceptors (Lipinski definition) is 5. The van der Waals surface area contributed by atoms with Crippen LogP contribution in [0.2, 0.25) is 0 Å². The second kappa shape index (κ2) is 15.9. The summed E-state index contributed by atoms with van der Waals surface area (Å²) in [5.41, 5.74) is 2.48. The zero-order valence-corrected chi connectivity index (χ0v) is 25.9. The maximum absolute atomic E-state index is 10.9. The van der Waals surface area contributed by atoms with Crippen molar-refractivity contribution in [3.8, 4) is 11.5 Å². The van der Waals surface area contributed by atoms with Crippen LogP contribution < -0.4 is 9.47 Å². The second-order valence-electron chi connectivity index (χ2n) is 10.5. The Hall–Kier alpha value is -5.37. The Bertz CT molecular complexity index is 1660. The van der Waals surface area contributed by atoms with Crippen LogP contribution in [0.15, 0.2) is 103 Å². The van der Waals surface area contributed by atoms with Crippen molar-refractivity contribution in [1.82, 2.24) is 0 Å². The molecule has 234 valence electrons. The van der Waals surface area contributed by atoms with Crippen LogP contribution in [0.5, 0.6) is 11.5 Å². The fourth-order valence-corrected chi connectivity index (χ4v) is 4.45. The van der Waals surface area contributed by atoms with Gasteiger partial charge in [-0.2, -0.15) is 0 Å². The molecule has 3 unspecified atom stereocenters. The normalized spacial score (nSPS) is 12.4. The summed E-state index contributed by atoms with van der Waals surface area (Å²) in [6.07, 6.45) is 0. The summed E-state index contributed by atoms with van der Waals surface area (Å²) in [5, 5.41) is 30.7. The number of fused-ring (bicyclic) bond motifs is 2. The summed E-state index contributed by atoms with van der Waals surface area (Å²) in [7, 11) is 3.25. The first kappa shape index (κ1) is 34.1. The van der Waals surface area contributed by atoms with Gasteiger partial charge in [-0.3, -0.25) is 14.4 Å². The summed E-state index contributed by atoms with van der Waals surface area (Å²) in [6.45, 7) is 5.05. The number of carbonyl (C=O) groups is 3. The van der Waals surface area contributed by atoms with Gasteiger partial charge >= 0.3 is 17.9 Å². The van der Waals surface area contributed by atoms with E-state index in [1.165, 1.54) is 0 Å². The van der Waals surface area contributed by atoms with E-state index in [1.807, 2.05) is 103 Å². The van der Waals surface area contributed by atoms with Crippen LogP contribution in [0.4, 0.5) is 0 Å². The maximum atomic E-state index is 10.9. The number of carboxylic acids is 3. The molecule has 0 saturated heterocycles. The highest BCUT2D eigenvalue weighted by Crippen LogP contribution is 2.26. The van der Waals surface area contributed by atoms with Crippen LogP contribution in [0.1, 0.15) is 55.2 Å². The zero-order valence-electron chi connectivity index (χ0n) is 25.9. The molecule has 0 aliphatic carbocycles. The van der Waals surface area contributed by atoms with Gasteiger partial charge in [-0.25, -0.2) is 0 Å². The van der Waals surface area contributed by atoms with Crippen LogP contribution in [0, 0.1) is 0 Å². The van der Waals surface area contributed by atoms with Gasteiger partial charge in [0.05, 0.1) is 32.0 Å². The lowest BCUT2D eigenvalue weighted by molar-refractivity contribution is -0.139. The average Bonchev–Trinajstić information content (AvgIpc) is 3.07. The minimum absolute atomic E-state index is 0.406. The van der Waals surface area contributed by atoms with Crippen molar-refractivity contribution in [3.63, 3.8) is 0 Å². The number of benzene rings is 5. The highest BCUT2D eigenvalue weighted by Gasteiger charge is 2.15. The molecule has 0 amide bonds. The van der Waals surface area contributed by atoms with Crippen molar-refractivity contribution < 1.29 is 39.2 Å². The topological polar surface area (TPSA) is 130 Å². The summed E-state index contributed by atoms with van der Waals surface area (Å²) in [5.74, 6) is -2.17. The smallest absolute Gasteiger partial charge is 0.310 e. The molecule has 0 spiro atoms. The van der Waals surface area contributed by atoms with Gasteiger partial charge in [0, 0.05) is 0 Å². The Kier molecular flexibility index (Phi) is 12.1. The molecule has 5 aromatic rings. The van der Waals surface area contributed by atoms with Crippen LogP contribution in [0.25, 0.3) is 21.5 Å². The molecule has 5 aromatic carbocycles. The predicted molar refractivity (Wildman–Crippen MR) is 176 cm³/mol. The lowest BCUT2D eigenvalue weighted by Crippen LogP contribution is -2.06. The summed E-state index contributed by atoms with van der Waals surface area (Å²) >= 11 is 0. The number of methoxy groups -OCH3 is 2. The minimum Gasteiger partial charge on any atom is -0.497 e. The molecule has 3 atom stereocenters. The van der Waals surface area contributed by atoms with Gasteiger partial charge in [0.15, 0.2) is 0 Å². The van der Waals surface area contributed by atoms with E-state index < -0.39 is 35.7 Å². The molecule has 0 aliphatic rings. The van der Waals surface area contributed by atoms with Crippen LogP contribution in [-0.4, -0.2) is 47.4 Å². The lowest BCUT2D eigenvalue weighted by Gasteiger charge is -2.08. The Balaban J connectivity index is 0.000000189. The molecule has 0 aromatic heterocycles. The fourth-order valence-electron chi connectivity index (χ4n) is 4.45. The van der Waals surface area contributed by atoms with Crippen molar-refractivity contribution in [3.05, 3.63) is 120 Å². The summed E-state index contributed by atoms with van der Waals surface area (Å²) in [4.78, 5) is 32.3. The molecule has 8 heteroatoms. The van der Waals surface area contributed by atoms with Gasteiger partial charge in [-0.1, -0.05) is 78.9 Å². The molecular weight excluding hydrogens is 572 g/mol. The Morgan fingerprint density at radius 3 is 1.16 bits per heavy atom. The molecule has 45 heavy (non-hydrogen) atoms. The van der Waals surface area contributed by atoms with E-state index in [-0.39, 0.29) is 0 Å². The maximum Gasteiger partial charge on any atom is 0.310 e. The number of hydrogen-bond donors (Lipinski definition) is 3. The molecule has 0 bridgehead atoms. The fraction of sp³-hybridized carbons (Fsp3) is 0.216. The molecule has 0 heterocycles. The first-order valence-electron chi connectivity index (χ1n) is 14.3. The molecule has 0 aliphatic heterocycles. The zero-order chi connectivity index (χ0) is 33.1. The first-order chi connectivity index (χ1) is 21.4. The number of carboxylic acid groups (broad SMARTS) is 3. The van der Waals surface area contributed by atoms with E-state index >= 15 is 0 Å². The Morgan fingerprint density at radius 2 is 0.800 bits per heavy atom.